The number of nitrogens with zero attached hydrogens (tertiary/aromatic N) is 2. The summed E-state index contributed by atoms with van der Waals surface area (Å²) in [4.78, 5) is 4.43. The van der Waals surface area contributed by atoms with Gasteiger partial charge in [0.05, 0.1) is 18.2 Å². The van der Waals surface area contributed by atoms with Crippen molar-refractivity contribution in [1.82, 2.24) is 10.1 Å². The van der Waals surface area contributed by atoms with Crippen LogP contribution in [0.1, 0.15) is 30.7 Å². The lowest BCUT2D eigenvalue weighted by molar-refractivity contribution is 0.181. The van der Waals surface area contributed by atoms with E-state index >= 15 is 0 Å². The van der Waals surface area contributed by atoms with Crippen molar-refractivity contribution in [3.8, 4) is 17.1 Å². The predicted molar refractivity (Wildman–Crippen MR) is 70.7 cm³/mol. The van der Waals surface area contributed by atoms with Gasteiger partial charge in [0.25, 0.3) is 0 Å². The van der Waals surface area contributed by atoms with Gasteiger partial charge in [-0.2, -0.15) is 4.98 Å². The zero-order chi connectivity index (χ0) is 13.5. The van der Waals surface area contributed by atoms with Crippen LogP contribution >= 0.6 is 0 Å². The molecule has 0 saturated heterocycles. The normalized spacial score (nSPS) is 17.0. The highest BCUT2D eigenvalue weighted by Crippen LogP contribution is 2.39. The second kappa shape index (κ2) is 4.35. The third-order valence-corrected chi connectivity index (χ3v) is 3.70. The molecule has 1 heterocycles. The minimum absolute atomic E-state index is 0.427. The topological polar surface area (TPSA) is 74.2 Å². The van der Waals surface area contributed by atoms with Crippen molar-refractivity contribution in [3.63, 3.8) is 0 Å². The summed E-state index contributed by atoms with van der Waals surface area (Å²) in [6.45, 7) is 2.01. The predicted octanol–water partition coefficient (Wildman–Crippen LogP) is 2.39. The third kappa shape index (κ3) is 2.00. The SMILES string of the molecule is COc1cc(C)ccc1-c1noc(C2(N)CCC2)n1. The Morgan fingerprint density at radius 3 is 2.79 bits per heavy atom. The number of nitrogens with two attached hydrogens (primary N) is 1. The molecule has 0 bridgehead atoms. The van der Waals surface area contributed by atoms with E-state index in [-0.39, 0.29) is 0 Å². The van der Waals surface area contributed by atoms with Crippen LogP contribution in [0.25, 0.3) is 11.4 Å². The van der Waals surface area contributed by atoms with Crippen LogP contribution in [0.15, 0.2) is 22.7 Å². The number of aryl methyl sites for hydroxylation is 1. The Kier molecular flexibility index (Phi) is 2.78. The molecule has 1 aliphatic carbocycles. The highest BCUT2D eigenvalue weighted by molar-refractivity contribution is 5.64. The number of rotatable bonds is 3. The van der Waals surface area contributed by atoms with E-state index in [4.69, 9.17) is 15.0 Å². The van der Waals surface area contributed by atoms with E-state index in [2.05, 4.69) is 10.1 Å². The summed E-state index contributed by atoms with van der Waals surface area (Å²) < 4.78 is 10.7. The lowest BCUT2D eigenvalue weighted by Crippen LogP contribution is -2.43. The van der Waals surface area contributed by atoms with Crippen molar-refractivity contribution in [2.24, 2.45) is 5.73 Å². The Morgan fingerprint density at radius 2 is 2.16 bits per heavy atom. The number of methoxy groups -OCH3 is 1. The molecule has 0 amide bonds. The molecule has 1 saturated carbocycles. The van der Waals surface area contributed by atoms with Crippen LogP contribution in [0.2, 0.25) is 0 Å². The highest BCUT2D eigenvalue weighted by Gasteiger charge is 2.40. The van der Waals surface area contributed by atoms with Crippen LogP contribution < -0.4 is 10.5 Å². The van der Waals surface area contributed by atoms with Gasteiger partial charge in [0.2, 0.25) is 11.7 Å². The molecule has 0 spiro atoms. The molecule has 19 heavy (non-hydrogen) atoms. The molecule has 100 valence electrons. The van der Waals surface area contributed by atoms with Crippen LogP contribution in [0.5, 0.6) is 5.75 Å². The van der Waals surface area contributed by atoms with Gasteiger partial charge in [0, 0.05) is 0 Å². The van der Waals surface area contributed by atoms with Crippen molar-refractivity contribution >= 4 is 0 Å². The number of benzene rings is 1. The molecule has 1 fully saturated rings. The summed E-state index contributed by atoms with van der Waals surface area (Å²) >= 11 is 0. The van der Waals surface area contributed by atoms with Gasteiger partial charge in [-0.3, -0.25) is 0 Å². The Morgan fingerprint density at radius 1 is 1.37 bits per heavy atom. The average molecular weight is 259 g/mol. The average Bonchev–Trinajstić information content (AvgIpc) is 2.85. The van der Waals surface area contributed by atoms with Crippen LogP contribution in [0.4, 0.5) is 0 Å². The standard InChI is InChI=1S/C14H17N3O2/c1-9-4-5-10(11(8-9)18-2)12-16-13(19-17-12)14(15)6-3-7-14/h4-5,8H,3,6-7,15H2,1-2H3. The first-order chi connectivity index (χ1) is 9.12. The van der Waals surface area contributed by atoms with Gasteiger partial charge in [-0.05, 0) is 43.9 Å². The quantitative estimate of drug-likeness (QED) is 0.916. The molecule has 0 unspecified atom stereocenters. The molecule has 1 aromatic carbocycles. The van der Waals surface area contributed by atoms with Gasteiger partial charge >= 0.3 is 0 Å². The van der Waals surface area contributed by atoms with Gasteiger partial charge in [0.1, 0.15) is 5.75 Å². The van der Waals surface area contributed by atoms with E-state index in [1.807, 2.05) is 25.1 Å². The van der Waals surface area contributed by atoms with Gasteiger partial charge < -0.3 is 15.0 Å². The zero-order valence-corrected chi connectivity index (χ0v) is 11.1. The fraction of sp³-hybridized carbons (Fsp3) is 0.429. The molecule has 2 aromatic rings. The van der Waals surface area contributed by atoms with Gasteiger partial charge in [0.15, 0.2) is 0 Å². The molecule has 0 atom stereocenters. The maximum Gasteiger partial charge on any atom is 0.247 e. The van der Waals surface area contributed by atoms with Crippen molar-refractivity contribution < 1.29 is 9.26 Å². The lowest BCUT2D eigenvalue weighted by Gasteiger charge is -2.33. The minimum Gasteiger partial charge on any atom is -0.496 e. The van der Waals surface area contributed by atoms with Crippen molar-refractivity contribution in [2.45, 2.75) is 31.7 Å². The summed E-state index contributed by atoms with van der Waals surface area (Å²) in [6, 6.07) is 5.88. The summed E-state index contributed by atoms with van der Waals surface area (Å²) in [5, 5.41) is 4.03. The zero-order valence-electron chi connectivity index (χ0n) is 11.1. The molecule has 1 aliphatic rings. The summed E-state index contributed by atoms with van der Waals surface area (Å²) in [5.74, 6) is 1.80. The number of hydrogen-bond acceptors (Lipinski definition) is 5. The van der Waals surface area contributed by atoms with Crippen LogP contribution in [-0.2, 0) is 5.54 Å². The number of ether oxygens (including phenoxy) is 1. The molecule has 0 aliphatic heterocycles. The summed E-state index contributed by atoms with van der Waals surface area (Å²) in [6.07, 6.45) is 2.92. The van der Waals surface area contributed by atoms with Gasteiger partial charge in [-0.1, -0.05) is 11.2 Å². The minimum atomic E-state index is -0.427. The van der Waals surface area contributed by atoms with Crippen LogP contribution in [0, 0.1) is 6.92 Å². The van der Waals surface area contributed by atoms with E-state index in [0.717, 1.165) is 36.1 Å². The Bertz CT molecular complexity index is 602. The Labute approximate surface area is 111 Å². The van der Waals surface area contributed by atoms with Crippen molar-refractivity contribution in [2.75, 3.05) is 7.11 Å². The first-order valence-electron chi connectivity index (χ1n) is 6.40. The fourth-order valence-corrected chi connectivity index (χ4v) is 2.29. The van der Waals surface area contributed by atoms with Crippen molar-refractivity contribution in [1.29, 1.82) is 0 Å². The Balaban J connectivity index is 1.99. The van der Waals surface area contributed by atoms with E-state index in [1.165, 1.54) is 0 Å². The summed E-state index contributed by atoms with van der Waals surface area (Å²) in [5.41, 5.74) is 7.70. The molecule has 5 heteroatoms. The van der Waals surface area contributed by atoms with E-state index in [0.29, 0.717) is 11.7 Å². The molecule has 3 rings (SSSR count). The fourth-order valence-electron chi connectivity index (χ4n) is 2.29. The van der Waals surface area contributed by atoms with E-state index < -0.39 is 5.54 Å². The first kappa shape index (κ1) is 12.2. The molecule has 5 nitrogen and oxygen atoms in total. The Hall–Kier alpha value is -1.88. The largest absolute Gasteiger partial charge is 0.496 e. The van der Waals surface area contributed by atoms with Crippen LogP contribution in [-0.4, -0.2) is 17.3 Å². The highest BCUT2D eigenvalue weighted by atomic mass is 16.5. The molecule has 1 aromatic heterocycles. The van der Waals surface area contributed by atoms with Crippen molar-refractivity contribution in [3.05, 3.63) is 29.7 Å². The maximum absolute atomic E-state index is 6.18. The van der Waals surface area contributed by atoms with Crippen LogP contribution in [0.3, 0.4) is 0 Å². The number of aromatic nitrogens is 2. The van der Waals surface area contributed by atoms with E-state index in [1.54, 1.807) is 7.11 Å². The number of hydrogen-bond donors (Lipinski definition) is 1. The maximum atomic E-state index is 6.18. The molecular formula is C14H17N3O2. The lowest BCUT2D eigenvalue weighted by atomic mass is 9.78. The molecule has 2 N–H and O–H groups in total. The van der Waals surface area contributed by atoms with E-state index in [9.17, 15) is 0 Å². The van der Waals surface area contributed by atoms with Gasteiger partial charge in [-0.15, -0.1) is 0 Å². The monoisotopic (exact) mass is 259 g/mol. The second-order valence-corrected chi connectivity index (χ2v) is 5.14. The third-order valence-electron chi connectivity index (χ3n) is 3.70. The molecule has 0 radical (unpaired) electrons. The van der Waals surface area contributed by atoms with Gasteiger partial charge in [-0.25, -0.2) is 0 Å². The first-order valence-corrected chi connectivity index (χ1v) is 6.40. The smallest absolute Gasteiger partial charge is 0.247 e. The molecular weight excluding hydrogens is 242 g/mol. The second-order valence-electron chi connectivity index (χ2n) is 5.14. The summed E-state index contributed by atoms with van der Waals surface area (Å²) in [7, 11) is 1.63.